The molecule has 1 atom stereocenters. The summed E-state index contributed by atoms with van der Waals surface area (Å²) in [6.07, 6.45) is 2.59. The highest BCUT2D eigenvalue weighted by Crippen LogP contribution is 2.07. The zero-order chi connectivity index (χ0) is 11.1. The predicted octanol–water partition coefficient (Wildman–Crippen LogP) is 0.999. The second-order valence-electron chi connectivity index (χ2n) is 4.76. The Balaban J connectivity index is 2.03. The number of likely N-dealkylation sites (N-methyl/N-ethyl adjacent to an activating group) is 1. The summed E-state index contributed by atoms with van der Waals surface area (Å²) < 4.78 is 0. The molecule has 3 nitrogen and oxygen atoms in total. The van der Waals surface area contributed by atoms with E-state index >= 15 is 0 Å². The smallest absolute Gasteiger partial charge is 0.0110 e. The standard InChI is InChI=1S/C12H27N3/c1-3-14-7-9-15(10-8-14)6-4-5-12(2)11-13/h12H,3-11,13H2,1-2H3. The van der Waals surface area contributed by atoms with Crippen LogP contribution in [0.3, 0.4) is 0 Å². The maximum atomic E-state index is 5.61. The van der Waals surface area contributed by atoms with Crippen molar-refractivity contribution in [3.05, 3.63) is 0 Å². The van der Waals surface area contributed by atoms with Gasteiger partial charge in [0, 0.05) is 26.2 Å². The molecule has 0 aromatic heterocycles. The number of nitrogens with two attached hydrogens (primary N) is 1. The van der Waals surface area contributed by atoms with Crippen molar-refractivity contribution in [2.75, 3.05) is 45.8 Å². The van der Waals surface area contributed by atoms with E-state index in [1.165, 1.54) is 52.1 Å². The molecule has 0 amide bonds. The third-order valence-electron chi connectivity index (χ3n) is 3.49. The Morgan fingerprint density at radius 1 is 1.13 bits per heavy atom. The van der Waals surface area contributed by atoms with Gasteiger partial charge in [0.2, 0.25) is 0 Å². The zero-order valence-corrected chi connectivity index (χ0v) is 10.4. The normalized spacial score (nSPS) is 21.8. The third kappa shape index (κ3) is 4.96. The van der Waals surface area contributed by atoms with Gasteiger partial charge in [-0.25, -0.2) is 0 Å². The molecule has 0 spiro atoms. The molecule has 0 aromatic rings. The molecule has 1 unspecified atom stereocenters. The Labute approximate surface area is 94.6 Å². The Morgan fingerprint density at radius 3 is 2.27 bits per heavy atom. The van der Waals surface area contributed by atoms with Gasteiger partial charge in [0.1, 0.15) is 0 Å². The largest absolute Gasteiger partial charge is 0.330 e. The van der Waals surface area contributed by atoms with Crippen molar-refractivity contribution in [2.45, 2.75) is 26.7 Å². The van der Waals surface area contributed by atoms with E-state index in [1.807, 2.05) is 0 Å². The van der Waals surface area contributed by atoms with Crippen LogP contribution in [0, 0.1) is 5.92 Å². The van der Waals surface area contributed by atoms with Gasteiger partial charge in [-0.2, -0.15) is 0 Å². The monoisotopic (exact) mass is 213 g/mol. The Kier molecular flexibility index (Phi) is 6.22. The molecule has 0 aliphatic carbocycles. The molecule has 0 radical (unpaired) electrons. The Bertz CT molecular complexity index is 153. The van der Waals surface area contributed by atoms with E-state index in [-0.39, 0.29) is 0 Å². The molecule has 1 aliphatic heterocycles. The van der Waals surface area contributed by atoms with Crippen molar-refractivity contribution in [3.8, 4) is 0 Å². The number of piperazine rings is 1. The summed E-state index contributed by atoms with van der Waals surface area (Å²) in [6.45, 7) is 12.8. The summed E-state index contributed by atoms with van der Waals surface area (Å²) in [5.74, 6) is 0.696. The summed E-state index contributed by atoms with van der Waals surface area (Å²) in [4.78, 5) is 5.12. The van der Waals surface area contributed by atoms with E-state index in [0.29, 0.717) is 5.92 Å². The SMILES string of the molecule is CCN1CCN(CCCC(C)CN)CC1. The van der Waals surface area contributed by atoms with Gasteiger partial charge in [-0.05, 0) is 38.4 Å². The molecule has 15 heavy (non-hydrogen) atoms. The van der Waals surface area contributed by atoms with Gasteiger partial charge in [-0.3, -0.25) is 0 Å². The number of hydrogen-bond acceptors (Lipinski definition) is 3. The number of rotatable bonds is 6. The summed E-state index contributed by atoms with van der Waals surface area (Å²) >= 11 is 0. The topological polar surface area (TPSA) is 32.5 Å². The van der Waals surface area contributed by atoms with E-state index in [1.54, 1.807) is 0 Å². The lowest BCUT2D eigenvalue weighted by Crippen LogP contribution is -2.46. The molecule has 1 fully saturated rings. The van der Waals surface area contributed by atoms with Crippen LogP contribution in [0.4, 0.5) is 0 Å². The van der Waals surface area contributed by atoms with E-state index < -0.39 is 0 Å². The van der Waals surface area contributed by atoms with Crippen molar-refractivity contribution in [3.63, 3.8) is 0 Å². The van der Waals surface area contributed by atoms with Crippen LogP contribution in [0.5, 0.6) is 0 Å². The maximum absolute atomic E-state index is 5.61. The van der Waals surface area contributed by atoms with Crippen LogP contribution in [-0.4, -0.2) is 55.6 Å². The first kappa shape index (κ1) is 12.9. The van der Waals surface area contributed by atoms with Crippen LogP contribution in [0.2, 0.25) is 0 Å². The molecule has 2 N–H and O–H groups in total. The van der Waals surface area contributed by atoms with E-state index in [2.05, 4.69) is 23.6 Å². The van der Waals surface area contributed by atoms with Crippen LogP contribution in [0.15, 0.2) is 0 Å². The lowest BCUT2D eigenvalue weighted by Gasteiger charge is -2.34. The first-order chi connectivity index (χ1) is 7.26. The molecule has 0 bridgehead atoms. The first-order valence-corrected chi connectivity index (χ1v) is 6.41. The van der Waals surface area contributed by atoms with Gasteiger partial charge in [-0.15, -0.1) is 0 Å². The highest BCUT2D eigenvalue weighted by Gasteiger charge is 2.14. The van der Waals surface area contributed by atoms with E-state index in [0.717, 1.165) is 6.54 Å². The van der Waals surface area contributed by atoms with Crippen molar-refractivity contribution >= 4 is 0 Å². The first-order valence-electron chi connectivity index (χ1n) is 6.41. The molecule has 0 aromatic carbocycles. The van der Waals surface area contributed by atoms with Crippen LogP contribution >= 0.6 is 0 Å². The zero-order valence-electron chi connectivity index (χ0n) is 10.4. The fraction of sp³-hybridized carbons (Fsp3) is 1.00. The quantitative estimate of drug-likeness (QED) is 0.714. The molecule has 0 saturated carbocycles. The highest BCUT2D eigenvalue weighted by molar-refractivity contribution is 4.71. The molecule has 1 aliphatic rings. The summed E-state index contributed by atoms with van der Waals surface area (Å²) in [7, 11) is 0. The lowest BCUT2D eigenvalue weighted by molar-refractivity contribution is 0.134. The summed E-state index contributed by atoms with van der Waals surface area (Å²) in [6, 6.07) is 0. The lowest BCUT2D eigenvalue weighted by atomic mass is 10.1. The average Bonchev–Trinajstić information content (AvgIpc) is 2.29. The fourth-order valence-corrected chi connectivity index (χ4v) is 2.11. The molecule has 1 saturated heterocycles. The van der Waals surface area contributed by atoms with Crippen LogP contribution < -0.4 is 5.73 Å². The van der Waals surface area contributed by atoms with Crippen molar-refractivity contribution < 1.29 is 0 Å². The number of nitrogens with zero attached hydrogens (tertiary/aromatic N) is 2. The molecule has 1 heterocycles. The van der Waals surface area contributed by atoms with Crippen molar-refractivity contribution in [1.82, 2.24) is 9.80 Å². The third-order valence-corrected chi connectivity index (χ3v) is 3.49. The maximum Gasteiger partial charge on any atom is 0.0110 e. The molecular weight excluding hydrogens is 186 g/mol. The van der Waals surface area contributed by atoms with Crippen molar-refractivity contribution in [1.29, 1.82) is 0 Å². The molecule has 1 rings (SSSR count). The van der Waals surface area contributed by atoms with E-state index in [4.69, 9.17) is 5.73 Å². The van der Waals surface area contributed by atoms with Crippen molar-refractivity contribution in [2.24, 2.45) is 11.7 Å². The van der Waals surface area contributed by atoms with Gasteiger partial charge in [0.15, 0.2) is 0 Å². The van der Waals surface area contributed by atoms with Gasteiger partial charge < -0.3 is 15.5 Å². The Hall–Kier alpha value is -0.120. The number of hydrogen-bond donors (Lipinski definition) is 1. The second-order valence-corrected chi connectivity index (χ2v) is 4.76. The average molecular weight is 213 g/mol. The van der Waals surface area contributed by atoms with Gasteiger partial charge in [0.05, 0.1) is 0 Å². The van der Waals surface area contributed by atoms with Crippen LogP contribution in [0.25, 0.3) is 0 Å². The summed E-state index contributed by atoms with van der Waals surface area (Å²) in [5.41, 5.74) is 5.61. The van der Waals surface area contributed by atoms with Gasteiger partial charge >= 0.3 is 0 Å². The Morgan fingerprint density at radius 2 is 1.73 bits per heavy atom. The fourth-order valence-electron chi connectivity index (χ4n) is 2.11. The van der Waals surface area contributed by atoms with Crippen LogP contribution in [0.1, 0.15) is 26.7 Å². The minimum atomic E-state index is 0.696. The molecule has 3 heteroatoms. The van der Waals surface area contributed by atoms with Gasteiger partial charge in [-0.1, -0.05) is 13.8 Å². The molecule has 90 valence electrons. The summed E-state index contributed by atoms with van der Waals surface area (Å²) in [5, 5.41) is 0. The van der Waals surface area contributed by atoms with E-state index in [9.17, 15) is 0 Å². The highest BCUT2D eigenvalue weighted by atomic mass is 15.3. The van der Waals surface area contributed by atoms with Gasteiger partial charge in [0.25, 0.3) is 0 Å². The predicted molar refractivity (Wildman–Crippen MR) is 66.0 cm³/mol. The molecular formula is C12H27N3. The van der Waals surface area contributed by atoms with Crippen LogP contribution in [-0.2, 0) is 0 Å². The minimum Gasteiger partial charge on any atom is -0.330 e. The second kappa shape index (κ2) is 7.20. The minimum absolute atomic E-state index is 0.696.